The van der Waals surface area contributed by atoms with E-state index in [0.717, 1.165) is 11.6 Å². The van der Waals surface area contributed by atoms with Crippen LogP contribution < -0.4 is 5.32 Å². The number of carboxylic acid groups (broad SMARTS) is 1. The molecule has 7 nitrogen and oxygen atoms in total. The van der Waals surface area contributed by atoms with E-state index in [1.165, 1.54) is 12.1 Å². The van der Waals surface area contributed by atoms with Crippen LogP contribution in [0.25, 0.3) is 0 Å². The quantitative estimate of drug-likeness (QED) is 0.655. The van der Waals surface area contributed by atoms with E-state index in [0.29, 0.717) is 5.69 Å². The van der Waals surface area contributed by atoms with Crippen LogP contribution in [0.15, 0.2) is 36.7 Å². The molecule has 0 saturated carbocycles. The van der Waals surface area contributed by atoms with Crippen LogP contribution in [0, 0.1) is 17.0 Å². The lowest BCUT2D eigenvalue weighted by atomic mass is 10.1. The Hall–Kier alpha value is -2.96. The van der Waals surface area contributed by atoms with Gasteiger partial charge in [-0.1, -0.05) is 0 Å². The highest BCUT2D eigenvalue weighted by molar-refractivity contribution is 5.90. The zero-order valence-electron chi connectivity index (χ0n) is 10.5. The van der Waals surface area contributed by atoms with Crippen molar-refractivity contribution in [3.63, 3.8) is 0 Å². The van der Waals surface area contributed by atoms with Crippen molar-refractivity contribution >= 4 is 23.0 Å². The summed E-state index contributed by atoms with van der Waals surface area (Å²) in [7, 11) is 0. The lowest BCUT2D eigenvalue weighted by Gasteiger charge is -2.09. The molecule has 2 N–H and O–H groups in total. The molecular formula is C13H11N3O4. The number of carbonyl (C=O) groups is 1. The molecule has 0 bridgehead atoms. The molecule has 0 aliphatic rings. The highest BCUT2D eigenvalue weighted by Gasteiger charge is 2.17. The number of rotatable bonds is 4. The van der Waals surface area contributed by atoms with Crippen molar-refractivity contribution in [2.24, 2.45) is 0 Å². The molecule has 0 fully saturated rings. The van der Waals surface area contributed by atoms with Crippen molar-refractivity contribution < 1.29 is 14.8 Å². The van der Waals surface area contributed by atoms with Gasteiger partial charge in [-0.15, -0.1) is 0 Å². The summed E-state index contributed by atoms with van der Waals surface area (Å²) in [5.74, 6) is -1.21. The maximum atomic E-state index is 11.0. The van der Waals surface area contributed by atoms with Crippen molar-refractivity contribution in [3.05, 3.63) is 57.9 Å². The normalized spacial score (nSPS) is 10.1. The maximum Gasteiger partial charge on any atom is 0.335 e. The molecule has 0 radical (unpaired) electrons. The molecule has 0 saturated heterocycles. The second kappa shape index (κ2) is 5.35. The topological polar surface area (TPSA) is 105 Å². The van der Waals surface area contributed by atoms with E-state index in [9.17, 15) is 14.9 Å². The van der Waals surface area contributed by atoms with Gasteiger partial charge in [-0.3, -0.25) is 15.1 Å². The Labute approximate surface area is 114 Å². The number of aryl methyl sites for hydroxylation is 1. The molecule has 102 valence electrons. The van der Waals surface area contributed by atoms with E-state index in [1.807, 2.05) is 6.92 Å². The number of nitro benzene ring substituents is 1. The molecule has 0 unspecified atom stereocenters. The van der Waals surface area contributed by atoms with Gasteiger partial charge in [-0.05, 0) is 30.7 Å². The SMILES string of the molecule is Cc1ccncc1Nc1ccc(C(=O)O)cc1[N+](=O)[O-]. The third-order valence-corrected chi connectivity index (χ3v) is 2.75. The van der Waals surface area contributed by atoms with Crippen molar-refractivity contribution in [1.29, 1.82) is 0 Å². The molecule has 0 amide bonds. The number of aromatic carboxylic acids is 1. The molecule has 0 spiro atoms. The van der Waals surface area contributed by atoms with Gasteiger partial charge in [0, 0.05) is 12.3 Å². The molecule has 7 heteroatoms. The van der Waals surface area contributed by atoms with E-state index in [-0.39, 0.29) is 16.9 Å². The van der Waals surface area contributed by atoms with Crippen LogP contribution in [0.2, 0.25) is 0 Å². The fourth-order valence-electron chi connectivity index (χ4n) is 1.66. The molecule has 2 rings (SSSR count). The van der Waals surface area contributed by atoms with Gasteiger partial charge in [0.05, 0.1) is 22.4 Å². The number of aromatic nitrogens is 1. The summed E-state index contributed by atoms with van der Waals surface area (Å²) in [4.78, 5) is 25.2. The molecule has 1 aromatic carbocycles. The average Bonchev–Trinajstić information content (AvgIpc) is 2.41. The minimum absolute atomic E-state index is 0.134. The first-order chi connectivity index (χ1) is 9.49. The molecule has 0 aliphatic heterocycles. The predicted octanol–water partition coefficient (Wildman–Crippen LogP) is 2.74. The molecule has 0 atom stereocenters. The summed E-state index contributed by atoms with van der Waals surface area (Å²) >= 11 is 0. The highest BCUT2D eigenvalue weighted by atomic mass is 16.6. The number of hydrogen-bond donors (Lipinski definition) is 2. The maximum absolute atomic E-state index is 11.0. The summed E-state index contributed by atoms with van der Waals surface area (Å²) in [5, 5.41) is 22.8. The van der Waals surface area contributed by atoms with E-state index >= 15 is 0 Å². The van der Waals surface area contributed by atoms with E-state index in [4.69, 9.17) is 5.11 Å². The molecule has 1 heterocycles. The molecule has 20 heavy (non-hydrogen) atoms. The number of carboxylic acids is 1. The largest absolute Gasteiger partial charge is 0.478 e. The Morgan fingerprint density at radius 3 is 2.70 bits per heavy atom. The Balaban J connectivity index is 2.44. The highest BCUT2D eigenvalue weighted by Crippen LogP contribution is 2.29. The first-order valence-electron chi connectivity index (χ1n) is 5.68. The summed E-state index contributed by atoms with van der Waals surface area (Å²) in [5.41, 5.74) is 1.28. The van der Waals surface area contributed by atoms with Gasteiger partial charge >= 0.3 is 5.97 Å². The zero-order chi connectivity index (χ0) is 14.7. The molecule has 1 aromatic heterocycles. The standard InChI is InChI=1S/C13H11N3O4/c1-8-4-5-14-7-11(8)15-10-3-2-9(13(17)18)6-12(10)16(19)20/h2-7,15H,1H3,(H,17,18). The average molecular weight is 273 g/mol. The number of nitro groups is 1. The van der Waals surface area contributed by atoms with Crippen molar-refractivity contribution in [1.82, 2.24) is 4.98 Å². The Kier molecular flexibility index (Phi) is 3.60. The first kappa shape index (κ1) is 13.5. The molecular weight excluding hydrogens is 262 g/mol. The van der Waals surface area contributed by atoms with Gasteiger partial charge in [0.2, 0.25) is 0 Å². The van der Waals surface area contributed by atoms with Crippen molar-refractivity contribution in [2.75, 3.05) is 5.32 Å². The lowest BCUT2D eigenvalue weighted by molar-refractivity contribution is -0.383. The zero-order valence-corrected chi connectivity index (χ0v) is 10.5. The lowest BCUT2D eigenvalue weighted by Crippen LogP contribution is -2.02. The molecule has 0 aliphatic carbocycles. The number of hydrogen-bond acceptors (Lipinski definition) is 5. The van der Waals surface area contributed by atoms with Crippen LogP contribution in [-0.2, 0) is 0 Å². The summed E-state index contributed by atoms with van der Waals surface area (Å²) in [6, 6.07) is 5.47. The van der Waals surface area contributed by atoms with Gasteiger partial charge in [0.15, 0.2) is 0 Å². The Morgan fingerprint density at radius 1 is 1.35 bits per heavy atom. The smallest absolute Gasteiger partial charge is 0.335 e. The van der Waals surface area contributed by atoms with Gasteiger partial charge in [-0.2, -0.15) is 0 Å². The molecule has 2 aromatic rings. The number of nitrogens with one attached hydrogen (secondary N) is 1. The van der Waals surface area contributed by atoms with Gasteiger partial charge in [-0.25, -0.2) is 4.79 Å². The predicted molar refractivity (Wildman–Crippen MR) is 72.3 cm³/mol. The van der Waals surface area contributed by atoms with Crippen LogP contribution in [0.1, 0.15) is 15.9 Å². The fourth-order valence-corrected chi connectivity index (χ4v) is 1.66. The third kappa shape index (κ3) is 2.72. The minimum atomic E-state index is -1.21. The van der Waals surface area contributed by atoms with Crippen LogP contribution >= 0.6 is 0 Å². The van der Waals surface area contributed by atoms with Gasteiger partial charge < -0.3 is 10.4 Å². The van der Waals surface area contributed by atoms with Gasteiger partial charge in [0.25, 0.3) is 5.69 Å². The number of benzene rings is 1. The number of anilines is 2. The number of nitrogens with zero attached hydrogens (tertiary/aromatic N) is 2. The first-order valence-corrected chi connectivity index (χ1v) is 5.68. The fraction of sp³-hybridized carbons (Fsp3) is 0.0769. The second-order valence-corrected chi connectivity index (χ2v) is 4.11. The third-order valence-electron chi connectivity index (χ3n) is 2.75. The number of pyridine rings is 1. The van der Waals surface area contributed by atoms with Crippen LogP contribution in [0.5, 0.6) is 0 Å². The van der Waals surface area contributed by atoms with Crippen LogP contribution in [-0.4, -0.2) is 21.0 Å². The summed E-state index contributed by atoms with van der Waals surface area (Å²) < 4.78 is 0. The van der Waals surface area contributed by atoms with Crippen LogP contribution in [0.4, 0.5) is 17.1 Å². The van der Waals surface area contributed by atoms with E-state index in [2.05, 4.69) is 10.3 Å². The summed E-state index contributed by atoms with van der Waals surface area (Å²) in [6.45, 7) is 1.83. The minimum Gasteiger partial charge on any atom is -0.478 e. The van der Waals surface area contributed by atoms with Crippen LogP contribution in [0.3, 0.4) is 0 Å². The Morgan fingerprint density at radius 2 is 2.10 bits per heavy atom. The Bertz CT molecular complexity index is 685. The monoisotopic (exact) mass is 273 g/mol. The van der Waals surface area contributed by atoms with Gasteiger partial charge in [0.1, 0.15) is 5.69 Å². The van der Waals surface area contributed by atoms with E-state index < -0.39 is 10.9 Å². The van der Waals surface area contributed by atoms with E-state index in [1.54, 1.807) is 18.5 Å². The van der Waals surface area contributed by atoms with Crippen molar-refractivity contribution in [3.8, 4) is 0 Å². The van der Waals surface area contributed by atoms with Crippen molar-refractivity contribution in [2.45, 2.75) is 6.92 Å². The second-order valence-electron chi connectivity index (χ2n) is 4.11. The summed E-state index contributed by atoms with van der Waals surface area (Å²) in [6.07, 6.45) is 3.16.